The van der Waals surface area contributed by atoms with E-state index >= 15 is 0 Å². The van der Waals surface area contributed by atoms with Crippen LogP contribution in [0, 0.1) is 0 Å². The van der Waals surface area contributed by atoms with E-state index in [4.69, 9.17) is 4.74 Å². The van der Waals surface area contributed by atoms with Gasteiger partial charge in [-0.3, -0.25) is 0 Å². The zero-order chi connectivity index (χ0) is 10.2. The van der Waals surface area contributed by atoms with Gasteiger partial charge in [0, 0.05) is 5.56 Å². The first-order valence-corrected chi connectivity index (χ1v) is 5.12. The summed E-state index contributed by atoms with van der Waals surface area (Å²) in [7, 11) is 0. The van der Waals surface area contributed by atoms with E-state index in [0.29, 0.717) is 0 Å². The van der Waals surface area contributed by atoms with Gasteiger partial charge in [0.1, 0.15) is 11.4 Å². The first-order chi connectivity index (χ1) is 6.61. The van der Waals surface area contributed by atoms with Gasteiger partial charge in [0.15, 0.2) is 0 Å². The monoisotopic (exact) mass is 188 g/mol. The van der Waals surface area contributed by atoms with E-state index < -0.39 is 0 Å². The van der Waals surface area contributed by atoms with Gasteiger partial charge < -0.3 is 4.74 Å². The van der Waals surface area contributed by atoms with E-state index in [1.165, 1.54) is 11.1 Å². The number of aryl methyl sites for hydroxylation is 1. The third-order valence-corrected chi connectivity index (χ3v) is 2.52. The largest absolute Gasteiger partial charge is 0.483 e. The number of ether oxygens (including phenoxy) is 1. The molecule has 0 bridgehead atoms. The highest BCUT2D eigenvalue weighted by Gasteiger charge is 2.21. The summed E-state index contributed by atoms with van der Waals surface area (Å²) in [4.78, 5) is 0. The second-order valence-electron chi connectivity index (χ2n) is 4.26. The molecule has 0 saturated carbocycles. The van der Waals surface area contributed by atoms with Gasteiger partial charge in [-0.05, 0) is 38.0 Å². The molecule has 0 fully saturated rings. The summed E-state index contributed by atoms with van der Waals surface area (Å²) in [5, 5.41) is 0. The Morgan fingerprint density at radius 3 is 2.79 bits per heavy atom. The van der Waals surface area contributed by atoms with Gasteiger partial charge >= 0.3 is 0 Å². The third-order valence-electron chi connectivity index (χ3n) is 2.52. The van der Waals surface area contributed by atoms with Crippen molar-refractivity contribution in [2.75, 3.05) is 0 Å². The van der Waals surface area contributed by atoms with Crippen LogP contribution in [0.25, 0.3) is 6.08 Å². The molecule has 2 rings (SSSR count). The Morgan fingerprint density at radius 1 is 1.29 bits per heavy atom. The molecule has 0 spiro atoms. The van der Waals surface area contributed by atoms with Crippen molar-refractivity contribution in [3.8, 4) is 5.75 Å². The number of hydrogen-bond acceptors (Lipinski definition) is 1. The van der Waals surface area contributed by atoms with E-state index in [0.717, 1.165) is 12.2 Å². The Bertz CT molecular complexity index is 375. The number of rotatable bonds is 1. The average molecular weight is 188 g/mol. The van der Waals surface area contributed by atoms with Crippen molar-refractivity contribution in [3.05, 3.63) is 35.4 Å². The van der Waals surface area contributed by atoms with Crippen molar-refractivity contribution in [3.63, 3.8) is 0 Å². The molecule has 0 aliphatic carbocycles. The zero-order valence-corrected chi connectivity index (χ0v) is 9.00. The molecule has 0 atom stereocenters. The number of fused-ring (bicyclic) bond motifs is 1. The lowest BCUT2D eigenvalue weighted by atomic mass is 10.0. The fraction of sp³-hybridized carbons (Fsp3) is 0.385. The minimum Gasteiger partial charge on any atom is -0.483 e. The standard InChI is InChI=1S/C13H16O/c1-4-10-5-6-11-7-8-13(2,3)14-12(11)9-10/h5-9H,4H2,1-3H3. The molecule has 1 aromatic carbocycles. The molecule has 0 unspecified atom stereocenters. The van der Waals surface area contributed by atoms with Crippen LogP contribution in [0.3, 0.4) is 0 Å². The summed E-state index contributed by atoms with van der Waals surface area (Å²) in [6.07, 6.45) is 5.29. The van der Waals surface area contributed by atoms with E-state index in [-0.39, 0.29) is 5.60 Å². The molecule has 0 radical (unpaired) electrons. The summed E-state index contributed by atoms with van der Waals surface area (Å²) in [5.74, 6) is 1.01. The summed E-state index contributed by atoms with van der Waals surface area (Å²) in [5.41, 5.74) is 2.34. The molecule has 0 amide bonds. The van der Waals surface area contributed by atoms with E-state index in [2.05, 4.69) is 51.1 Å². The SMILES string of the molecule is CCc1ccc2c(c1)OC(C)(C)C=C2. The van der Waals surface area contributed by atoms with Crippen LogP contribution in [-0.4, -0.2) is 5.60 Å². The van der Waals surface area contributed by atoms with Crippen molar-refractivity contribution in [2.24, 2.45) is 0 Å². The summed E-state index contributed by atoms with van der Waals surface area (Å²) >= 11 is 0. The molecule has 1 aliphatic rings. The maximum atomic E-state index is 5.87. The lowest BCUT2D eigenvalue weighted by Gasteiger charge is -2.28. The van der Waals surface area contributed by atoms with Crippen LogP contribution < -0.4 is 4.74 Å². The van der Waals surface area contributed by atoms with E-state index in [9.17, 15) is 0 Å². The first kappa shape index (κ1) is 9.32. The molecule has 1 aliphatic heterocycles. The van der Waals surface area contributed by atoms with Gasteiger partial charge in [0.05, 0.1) is 0 Å². The molecule has 1 heteroatoms. The van der Waals surface area contributed by atoms with Gasteiger partial charge in [-0.25, -0.2) is 0 Å². The Balaban J connectivity index is 2.42. The Labute approximate surface area is 85.4 Å². The normalized spacial score (nSPS) is 17.4. The molecule has 1 nitrogen and oxygen atoms in total. The Morgan fingerprint density at radius 2 is 2.07 bits per heavy atom. The van der Waals surface area contributed by atoms with Crippen molar-refractivity contribution in [1.29, 1.82) is 0 Å². The predicted octanol–water partition coefficient (Wildman–Crippen LogP) is 3.43. The Hall–Kier alpha value is -1.24. The molecule has 0 saturated heterocycles. The number of benzene rings is 1. The highest BCUT2D eigenvalue weighted by molar-refractivity contribution is 5.61. The maximum Gasteiger partial charge on any atom is 0.128 e. The number of hydrogen-bond donors (Lipinski definition) is 0. The van der Waals surface area contributed by atoms with Crippen molar-refractivity contribution in [1.82, 2.24) is 0 Å². The smallest absolute Gasteiger partial charge is 0.128 e. The van der Waals surface area contributed by atoms with Gasteiger partial charge in [0.2, 0.25) is 0 Å². The van der Waals surface area contributed by atoms with Gasteiger partial charge in [0.25, 0.3) is 0 Å². The van der Waals surface area contributed by atoms with Crippen LogP contribution in [0.2, 0.25) is 0 Å². The minimum atomic E-state index is -0.167. The fourth-order valence-corrected chi connectivity index (χ4v) is 1.63. The highest BCUT2D eigenvalue weighted by atomic mass is 16.5. The molecule has 14 heavy (non-hydrogen) atoms. The molecular formula is C13H16O. The van der Waals surface area contributed by atoms with Gasteiger partial charge in [-0.1, -0.05) is 25.1 Å². The van der Waals surface area contributed by atoms with Gasteiger partial charge in [-0.15, -0.1) is 0 Å². The molecule has 1 heterocycles. The van der Waals surface area contributed by atoms with Crippen LogP contribution in [0.15, 0.2) is 24.3 Å². The van der Waals surface area contributed by atoms with Gasteiger partial charge in [-0.2, -0.15) is 0 Å². The zero-order valence-electron chi connectivity index (χ0n) is 9.00. The van der Waals surface area contributed by atoms with Crippen LogP contribution in [0.5, 0.6) is 5.75 Å². The topological polar surface area (TPSA) is 9.23 Å². The maximum absolute atomic E-state index is 5.87. The predicted molar refractivity (Wildman–Crippen MR) is 59.6 cm³/mol. The van der Waals surface area contributed by atoms with Crippen molar-refractivity contribution in [2.45, 2.75) is 32.8 Å². The second-order valence-corrected chi connectivity index (χ2v) is 4.26. The fourth-order valence-electron chi connectivity index (χ4n) is 1.63. The molecule has 0 N–H and O–H groups in total. The van der Waals surface area contributed by atoms with Crippen LogP contribution in [0.4, 0.5) is 0 Å². The lowest BCUT2D eigenvalue weighted by molar-refractivity contribution is 0.159. The van der Waals surface area contributed by atoms with E-state index in [1.54, 1.807) is 0 Å². The molecular weight excluding hydrogens is 172 g/mol. The average Bonchev–Trinajstić information content (AvgIpc) is 2.15. The van der Waals surface area contributed by atoms with Crippen LogP contribution >= 0.6 is 0 Å². The summed E-state index contributed by atoms with van der Waals surface area (Å²) < 4.78 is 5.87. The quantitative estimate of drug-likeness (QED) is 0.656. The first-order valence-electron chi connectivity index (χ1n) is 5.12. The lowest BCUT2D eigenvalue weighted by Crippen LogP contribution is -2.27. The van der Waals surface area contributed by atoms with E-state index in [1.807, 2.05) is 0 Å². The van der Waals surface area contributed by atoms with Crippen molar-refractivity contribution < 1.29 is 4.74 Å². The third kappa shape index (κ3) is 1.67. The Kier molecular flexibility index (Phi) is 2.10. The molecule has 74 valence electrons. The highest BCUT2D eigenvalue weighted by Crippen LogP contribution is 2.31. The minimum absolute atomic E-state index is 0.167. The summed E-state index contributed by atoms with van der Waals surface area (Å²) in [6.45, 7) is 6.31. The van der Waals surface area contributed by atoms with Crippen LogP contribution in [0.1, 0.15) is 31.9 Å². The molecule has 1 aromatic rings. The molecule has 0 aromatic heterocycles. The van der Waals surface area contributed by atoms with Crippen molar-refractivity contribution >= 4 is 6.08 Å². The summed E-state index contributed by atoms with van der Waals surface area (Å²) in [6, 6.07) is 6.42. The van der Waals surface area contributed by atoms with Crippen LogP contribution in [-0.2, 0) is 6.42 Å². The second kappa shape index (κ2) is 3.16.